The summed E-state index contributed by atoms with van der Waals surface area (Å²) >= 11 is 1.59. The maximum absolute atomic E-state index is 12.8. The van der Waals surface area contributed by atoms with Gasteiger partial charge in [-0.15, -0.1) is 18.3 Å². The van der Waals surface area contributed by atoms with Gasteiger partial charge in [0.15, 0.2) is 11.0 Å². The number of urea groups is 1. The first-order valence-electron chi connectivity index (χ1n) is 13.4. The van der Waals surface area contributed by atoms with Gasteiger partial charge in [-0.2, -0.15) is 4.99 Å². The molecule has 1 saturated carbocycles. The van der Waals surface area contributed by atoms with Gasteiger partial charge >= 0.3 is 12.4 Å². The van der Waals surface area contributed by atoms with Crippen LogP contribution in [0.1, 0.15) is 29.0 Å². The molecule has 3 aromatic carbocycles. The van der Waals surface area contributed by atoms with E-state index in [0.717, 1.165) is 51.8 Å². The normalized spacial score (nSPS) is 19.3. The fourth-order valence-electron chi connectivity index (χ4n) is 5.13. The van der Waals surface area contributed by atoms with Gasteiger partial charge in [-0.1, -0.05) is 54.2 Å². The molecule has 2 fully saturated rings. The van der Waals surface area contributed by atoms with Gasteiger partial charge in [0.2, 0.25) is 0 Å². The van der Waals surface area contributed by atoms with E-state index < -0.39 is 6.36 Å². The second-order valence-corrected chi connectivity index (χ2v) is 11.3. The fraction of sp³-hybridized carbons (Fsp3) is 0.267. The molecule has 8 nitrogen and oxygen atoms in total. The Hall–Kier alpha value is -4.32. The third-order valence-electron chi connectivity index (χ3n) is 7.21. The number of ether oxygens (including phenoxy) is 1. The molecular weight excluding hydrogens is 565 g/mol. The Labute approximate surface area is 244 Å². The lowest BCUT2D eigenvalue weighted by molar-refractivity contribution is -0.274. The van der Waals surface area contributed by atoms with E-state index in [1.165, 1.54) is 35.3 Å². The first-order valence-corrected chi connectivity index (χ1v) is 14.4. The summed E-state index contributed by atoms with van der Waals surface area (Å²) in [5, 5.41) is 8.23. The zero-order valence-corrected chi connectivity index (χ0v) is 23.6. The Morgan fingerprint density at radius 2 is 1.76 bits per heavy atom. The number of anilines is 1. The minimum Gasteiger partial charge on any atom is -0.406 e. The van der Waals surface area contributed by atoms with E-state index in [2.05, 4.69) is 56.0 Å². The van der Waals surface area contributed by atoms with Gasteiger partial charge in [0.05, 0.1) is 5.69 Å². The average Bonchev–Trinajstić information content (AvgIpc) is 3.29. The van der Waals surface area contributed by atoms with Crippen molar-refractivity contribution in [2.75, 3.05) is 17.2 Å². The number of hydrogen-bond donors (Lipinski definition) is 1. The molecule has 0 bridgehead atoms. The Morgan fingerprint density at radius 3 is 2.45 bits per heavy atom. The highest BCUT2D eigenvalue weighted by Crippen LogP contribution is 2.41. The third-order valence-corrected chi connectivity index (χ3v) is 8.16. The number of aliphatic imine (C=N–C) groups is 1. The molecule has 0 spiro atoms. The molecule has 1 aromatic heterocycles. The number of aryl methyl sites for hydroxylation is 2. The highest BCUT2D eigenvalue weighted by Gasteiger charge is 2.40. The van der Waals surface area contributed by atoms with Gasteiger partial charge in [-0.3, -0.25) is 0 Å². The number of carbonyl (C=O) groups is 1. The molecule has 2 heterocycles. The molecule has 2 atom stereocenters. The summed E-state index contributed by atoms with van der Waals surface area (Å²) in [6, 6.07) is 19.1. The number of para-hydroxylation sites is 1. The van der Waals surface area contributed by atoms with Crippen molar-refractivity contribution >= 4 is 28.6 Å². The minimum atomic E-state index is -4.74. The van der Waals surface area contributed by atoms with Crippen LogP contribution in [0, 0.1) is 13.8 Å². The van der Waals surface area contributed by atoms with Crippen molar-refractivity contribution in [3.63, 3.8) is 0 Å². The van der Waals surface area contributed by atoms with Crippen LogP contribution in [0.15, 0.2) is 78.0 Å². The summed E-state index contributed by atoms with van der Waals surface area (Å²) in [4.78, 5) is 23.7. The van der Waals surface area contributed by atoms with Crippen LogP contribution >= 0.6 is 11.8 Å². The number of rotatable bonds is 6. The van der Waals surface area contributed by atoms with Crippen molar-refractivity contribution in [3.05, 3.63) is 89.7 Å². The van der Waals surface area contributed by atoms with Crippen LogP contribution in [0.4, 0.5) is 23.7 Å². The van der Waals surface area contributed by atoms with Gasteiger partial charge in [0, 0.05) is 35.5 Å². The number of nitrogens with zero attached hydrogens (tertiary/aromatic N) is 5. The molecule has 1 aliphatic carbocycles. The van der Waals surface area contributed by atoms with Crippen molar-refractivity contribution < 1.29 is 22.7 Å². The highest BCUT2D eigenvalue weighted by atomic mass is 32.2. The molecule has 0 radical (unpaired) electrons. The van der Waals surface area contributed by atoms with Crippen LogP contribution in [-0.4, -0.2) is 50.7 Å². The van der Waals surface area contributed by atoms with Crippen molar-refractivity contribution in [2.45, 2.75) is 38.6 Å². The molecule has 6 rings (SSSR count). The maximum atomic E-state index is 12.8. The number of thioether (sulfide) groups is 1. The van der Waals surface area contributed by atoms with Crippen molar-refractivity contribution in [3.8, 4) is 22.8 Å². The van der Waals surface area contributed by atoms with Gasteiger partial charge in [0.1, 0.15) is 12.1 Å². The lowest BCUT2D eigenvalue weighted by Crippen LogP contribution is -2.29. The Bertz CT molecular complexity index is 1620. The second kappa shape index (κ2) is 11.2. The molecule has 2 unspecified atom stereocenters. The number of hydrogen-bond acceptors (Lipinski definition) is 5. The highest BCUT2D eigenvalue weighted by molar-refractivity contribution is 8.14. The first kappa shape index (κ1) is 27.8. The number of amidine groups is 1. The predicted molar refractivity (Wildman–Crippen MR) is 156 cm³/mol. The molecular formula is C30H27F3N6O2S. The summed E-state index contributed by atoms with van der Waals surface area (Å²) < 4.78 is 42.6. The first-order chi connectivity index (χ1) is 20.1. The summed E-state index contributed by atoms with van der Waals surface area (Å²) in [6.45, 7) is 4.96. The Morgan fingerprint density at radius 1 is 1.05 bits per heavy atom. The molecule has 1 N–H and O–H groups in total. The number of alkyl halides is 3. The van der Waals surface area contributed by atoms with E-state index in [9.17, 15) is 18.0 Å². The largest absolute Gasteiger partial charge is 0.573 e. The molecule has 42 heavy (non-hydrogen) atoms. The van der Waals surface area contributed by atoms with E-state index in [0.29, 0.717) is 11.5 Å². The molecule has 12 heteroatoms. The minimum absolute atomic E-state index is 0.0226. The van der Waals surface area contributed by atoms with E-state index in [4.69, 9.17) is 0 Å². The summed E-state index contributed by atoms with van der Waals surface area (Å²) in [7, 11) is 0. The third kappa shape index (κ3) is 6.13. The van der Waals surface area contributed by atoms with Gasteiger partial charge in [-0.25, -0.2) is 14.5 Å². The standard InChI is InChI=1S/C30H27F3N6O2S/c1-18-4-3-5-19(2)26(18)38-14-15-42-29(38)36-28(40)35-25-16-24(25)20-6-8-21(9-7-20)27-34-17-39(37-27)22-10-12-23(13-11-22)41-30(31,32)33/h3-13,17,24-25H,14-16H2,1-2H3,(H,35,40)/b36-29-. The lowest BCUT2D eigenvalue weighted by atomic mass is 10.1. The molecule has 4 aromatic rings. The molecule has 1 aliphatic heterocycles. The zero-order valence-electron chi connectivity index (χ0n) is 22.8. The van der Waals surface area contributed by atoms with Crippen molar-refractivity contribution in [1.82, 2.24) is 20.1 Å². The number of benzene rings is 3. The Kier molecular flexibility index (Phi) is 7.40. The monoisotopic (exact) mass is 592 g/mol. The summed E-state index contributed by atoms with van der Waals surface area (Å²) in [6.07, 6.45) is -2.40. The number of nitrogens with one attached hydrogen (secondary N) is 1. The van der Waals surface area contributed by atoms with Crippen LogP contribution in [-0.2, 0) is 0 Å². The molecule has 2 amide bonds. The second-order valence-electron chi connectivity index (χ2n) is 10.2. The van der Waals surface area contributed by atoms with Crippen LogP contribution in [0.3, 0.4) is 0 Å². The predicted octanol–water partition coefficient (Wildman–Crippen LogP) is 6.62. The maximum Gasteiger partial charge on any atom is 0.573 e. The summed E-state index contributed by atoms with van der Waals surface area (Å²) in [5.74, 6) is 1.27. The Balaban J connectivity index is 1.06. The molecule has 216 valence electrons. The zero-order chi connectivity index (χ0) is 29.4. The quantitative estimate of drug-likeness (QED) is 0.271. The van der Waals surface area contributed by atoms with Crippen molar-refractivity contribution in [2.24, 2.45) is 4.99 Å². The van der Waals surface area contributed by atoms with Gasteiger partial charge in [-0.05, 0) is 61.2 Å². The smallest absolute Gasteiger partial charge is 0.406 e. The van der Waals surface area contributed by atoms with Crippen LogP contribution in [0.2, 0.25) is 0 Å². The topological polar surface area (TPSA) is 84.6 Å². The van der Waals surface area contributed by atoms with E-state index in [1.807, 2.05) is 30.3 Å². The van der Waals surface area contributed by atoms with Crippen LogP contribution in [0.25, 0.3) is 17.1 Å². The number of halogens is 3. The van der Waals surface area contributed by atoms with Crippen LogP contribution in [0.5, 0.6) is 5.75 Å². The fourth-order valence-corrected chi connectivity index (χ4v) is 6.08. The van der Waals surface area contributed by atoms with E-state index in [-0.39, 0.29) is 23.7 Å². The lowest BCUT2D eigenvalue weighted by Gasteiger charge is -2.22. The summed E-state index contributed by atoms with van der Waals surface area (Å²) in [5.41, 5.74) is 5.88. The van der Waals surface area contributed by atoms with Gasteiger partial charge in [0.25, 0.3) is 0 Å². The average molecular weight is 593 g/mol. The number of amides is 2. The van der Waals surface area contributed by atoms with E-state index >= 15 is 0 Å². The van der Waals surface area contributed by atoms with Crippen LogP contribution < -0.4 is 15.0 Å². The SMILES string of the molecule is Cc1cccc(C)c1N1CCS/C1=N\C(=O)NC1CC1c1ccc(-c2ncn(-c3ccc(OC(F)(F)F)cc3)n2)cc1. The van der Waals surface area contributed by atoms with E-state index in [1.54, 1.807) is 11.8 Å². The molecule has 1 saturated heterocycles. The van der Waals surface area contributed by atoms with Gasteiger partial charge < -0.3 is 15.0 Å². The molecule has 2 aliphatic rings. The van der Waals surface area contributed by atoms with Crippen molar-refractivity contribution in [1.29, 1.82) is 0 Å². The number of carbonyl (C=O) groups excluding carboxylic acids is 1. The number of aromatic nitrogens is 3.